The molecule has 1 aliphatic heterocycles. The van der Waals surface area contributed by atoms with Crippen LogP contribution in [0.15, 0.2) is 60.7 Å². The summed E-state index contributed by atoms with van der Waals surface area (Å²) in [7, 11) is 2.24. The van der Waals surface area contributed by atoms with Crippen molar-refractivity contribution in [2.75, 3.05) is 26.7 Å². The maximum Gasteiger partial charge on any atom is 0.0327 e. The Morgan fingerprint density at radius 2 is 1.50 bits per heavy atom. The van der Waals surface area contributed by atoms with Gasteiger partial charge in [-0.25, -0.2) is 0 Å². The summed E-state index contributed by atoms with van der Waals surface area (Å²) in [5, 5.41) is 3.54. The minimum atomic E-state index is 0.426. The summed E-state index contributed by atoms with van der Waals surface area (Å²) in [6, 6.07) is 22.3. The van der Waals surface area contributed by atoms with Crippen molar-refractivity contribution in [1.29, 1.82) is 0 Å². The van der Waals surface area contributed by atoms with Crippen molar-refractivity contribution in [3.63, 3.8) is 0 Å². The van der Waals surface area contributed by atoms with Crippen LogP contribution in [0, 0.1) is 0 Å². The molecule has 20 heavy (non-hydrogen) atoms. The van der Waals surface area contributed by atoms with Crippen molar-refractivity contribution in [1.82, 2.24) is 10.2 Å². The van der Waals surface area contributed by atoms with E-state index in [4.69, 9.17) is 0 Å². The first-order chi connectivity index (χ1) is 9.86. The van der Waals surface area contributed by atoms with Gasteiger partial charge in [0.1, 0.15) is 0 Å². The molecule has 3 rings (SSSR count). The minimum Gasteiger partial charge on any atom is -0.314 e. The van der Waals surface area contributed by atoms with E-state index in [-0.39, 0.29) is 0 Å². The Balaban J connectivity index is 1.99. The fourth-order valence-corrected chi connectivity index (χ4v) is 3.16. The van der Waals surface area contributed by atoms with E-state index >= 15 is 0 Å². The van der Waals surface area contributed by atoms with Crippen LogP contribution in [-0.2, 0) is 0 Å². The number of likely N-dealkylation sites (N-methyl/N-ethyl adjacent to an activating group) is 1. The summed E-state index contributed by atoms with van der Waals surface area (Å²) in [6.45, 7) is 3.25. The third kappa shape index (κ3) is 2.77. The number of benzene rings is 2. The molecular formula is C18H22N2. The topological polar surface area (TPSA) is 15.3 Å². The van der Waals surface area contributed by atoms with Gasteiger partial charge in [-0.1, -0.05) is 60.7 Å². The highest BCUT2D eigenvalue weighted by atomic mass is 15.2. The summed E-state index contributed by atoms with van der Waals surface area (Å²) in [4.78, 5) is 2.49. The molecular weight excluding hydrogens is 244 g/mol. The number of nitrogens with zero attached hydrogens (tertiary/aromatic N) is 1. The molecule has 0 aliphatic carbocycles. The molecule has 104 valence electrons. The van der Waals surface area contributed by atoms with Gasteiger partial charge in [0.25, 0.3) is 0 Å². The predicted molar refractivity (Wildman–Crippen MR) is 84.0 cm³/mol. The third-order valence-electron chi connectivity index (χ3n) is 4.26. The summed E-state index contributed by atoms with van der Waals surface area (Å²) in [5.74, 6) is 0.426. The van der Waals surface area contributed by atoms with Gasteiger partial charge in [-0.15, -0.1) is 0 Å². The summed E-state index contributed by atoms with van der Waals surface area (Å²) >= 11 is 0. The Morgan fingerprint density at radius 3 is 2.00 bits per heavy atom. The van der Waals surface area contributed by atoms with E-state index in [0.717, 1.165) is 19.6 Å². The average Bonchev–Trinajstić information content (AvgIpc) is 2.52. The van der Waals surface area contributed by atoms with Crippen molar-refractivity contribution in [3.8, 4) is 0 Å². The normalized spacial score (nSPS) is 20.2. The second-order valence-corrected chi connectivity index (χ2v) is 5.55. The van der Waals surface area contributed by atoms with Gasteiger partial charge in [-0.3, -0.25) is 4.90 Å². The molecule has 0 spiro atoms. The van der Waals surface area contributed by atoms with Crippen LogP contribution in [-0.4, -0.2) is 37.6 Å². The highest BCUT2D eigenvalue weighted by Gasteiger charge is 2.29. The Labute approximate surface area is 121 Å². The van der Waals surface area contributed by atoms with Gasteiger partial charge in [-0.2, -0.15) is 0 Å². The summed E-state index contributed by atoms with van der Waals surface area (Å²) < 4.78 is 0. The van der Waals surface area contributed by atoms with Gasteiger partial charge in [0.15, 0.2) is 0 Å². The Hall–Kier alpha value is -1.64. The van der Waals surface area contributed by atoms with Crippen LogP contribution in [0.25, 0.3) is 0 Å². The van der Waals surface area contributed by atoms with E-state index in [0.29, 0.717) is 12.0 Å². The molecule has 0 saturated carbocycles. The van der Waals surface area contributed by atoms with Crippen molar-refractivity contribution in [2.24, 2.45) is 0 Å². The molecule has 2 nitrogen and oxygen atoms in total. The van der Waals surface area contributed by atoms with E-state index in [2.05, 4.69) is 77.9 Å². The molecule has 1 saturated heterocycles. The molecule has 1 fully saturated rings. The molecule has 2 aromatic carbocycles. The summed E-state index contributed by atoms with van der Waals surface area (Å²) in [5.41, 5.74) is 2.80. The van der Waals surface area contributed by atoms with E-state index in [9.17, 15) is 0 Å². The number of rotatable bonds is 3. The van der Waals surface area contributed by atoms with Crippen LogP contribution >= 0.6 is 0 Å². The molecule has 1 unspecified atom stereocenters. The highest BCUT2D eigenvalue weighted by Crippen LogP contribution is 2.30. The second-order valence-electron chi connectivity index (χ2n) is 5.55. The maximum atomic E-state index is 3.54. The molecule has 2 heteroatoms. The van der Waals surface area contributed by atoms with E-state index in [1.165, 1.54) is 11.1 Å². The maximum absolute atomic E-state index is 3.54. The third-order valence-corrected chi connectivity index (χ3v) is 4.26. The first-order valence-electron chi connectivity index (χ1n) is 7.37. The van der Waals surface area contributed by atoms with Gasteiger partial charge in [-0.05, 0) is 18.2 Å². The van der Waals surface area contributed by atoms with Crippen LogP contribution in [0.3, 0.4) is 0 Å². The molecule has 0 radical (unpaired) electrons. The lowest BCUT2D eigenvalue weighted by Gasteiger charge is -2.39. The summed E-state index contributed by atoms with van der Waals surface area (Å²) in [6.07, 6.45) is 0. The standard InChI is InChI=1S/C18H22N2/c1-20-13-12-19-14-17(20)18(15-8-4-2-5-9-15)16-10-6-3-7-11-16/h2-11,17-19H,12-14H2,1H3. The molecule has 1 aliphatic rings. The molecule has 1 atom stereocenters. The lowest BCUT2D eigenvalue weighted by atomic mass is 9.83. The van der Waals surface area contributed by atoms with E-state index < -0.39 is 0 Å². The van der Waals surface area contributed by atoms with Gasteiger partial charge >= 0.3 is 0 Å². The molecule has 2 aromatic rings. The minimum absolute atomic E-state index is 0.426. The van der Waals surface area contributed by atoms with Gasteiger partial charge in [0.2, 0.25) is 0 Å². The molecule has 0 amide bonds. The van der Waals surface area contributed by atoms with Crippen LogP contribution in [0.5, 0.6) is 0 Å². The van der Waals surface area contributed by atoms with Crippen molar-refractivity contribution >= 4 is 0 Å². The largest absolute Gasteiger partial charge is 0.314 e. The van der Waals surface area contributed by atoms with Gasteiger partial charge in [0, 0.05) is 31.6 Å². The van der Waals surface area contributed by atoms with E-state index in [1.54, 1.807) is 0 Å². The quantitative estimate of drug-likeness (QED) is 0.919. The van der Waals surface area contributed by atoms with Crippen molar-refractivity contribution in [3.05, 3.63) is 71.8 Å². The van der Waals surface area contributed by atoms with Gasteiger partial charge < -0.3 is 5.32 Å². The predicted octanol–water partition coefficient (Wildman–Crippen LogP) is 2.72. The van der Waals surface area contributed by atoms with Crippen LogP contribution in [0.2, 0.25) is 0 Å². The molecule has 1 heterocycles. The zero-order valence-electron chi connectivity index (χ0n) is 12.0. The number of hydrogen-bond acceptors (Lipinski definition) is 2. The second kappa shape index (κ2) is 6.21. The molecule has 0 aromatic heterocycles. The zero-order valence-corrected chi connectivity index (χ0v) is 12.0. The Morgan fingerprint density at radius 1 is 0.950 bits per heavy atom. The number of hydrogen-bond donors (Lipinski definition) is 1. The fraction of sp³-hybridized carbons (Fsp3) is 0.333. The smallest absolute Gasteiger partial charge is 0.0327 e. The van der Waals surface area contributed by atoms with Crippen molar-refractivity contribution < 1.29 is 0 Å². The Kier molecular flexibility index (Phi) is 4.14. The van der Waals surface area contributed by atoms with Crippen LogP contribution in [0.1, 0.15) is 17.0 Å². The highest BCUT2D eigenvalue weighted by molar-refractivity contribution is 5.34. The zero-order chi connectivity index (χ0) is 13.8. The first kappa shape index (κ1) is 13.3. The first-order valence-corrected chi connectivity index (χ1v) is 7.37. The number of nitrogens with one attached hydrogen (secondary N) is 1. The monoisotopic (exact) mass is 266 g/mol. The SMILES string of the molecule is CN1CCNCC1C(c1ccccc1)c1ccccc1. The van der Waals surface area contributed by atoms with Crippen molar-refractivity contribution in [2.45, 2.75) is 12.0 Å². The number of piperazine rings is 1. The lowest BCUT2D eigenvalue weighted by molar-refractivity contribution is 0.184. The fourth-order valence-electron chi connectivity index (χ4n) is 3.16. The average molecular weight is 266 g/mol. The van der Waals surface area contributed by atoms with E-state index in [1.807, 2.05) is 0 Å². The van der Waals surface area contributed by atoms with Crippen LogP contribution in [0.4, 0.5) is 0 Å². The molecule has 0 bridgehead atoms. The van der Waals surface area contributed by atoms with Gasteiger partial charge in [0.05, 0.1) is 0 Å². The molecule has 1 N–H and O–H groups in total. The Bertz CT molecular complexity index is 484. The van der Waals surface area contributed by atoms with Crippen LogP contribution < -0.4 is 5.32 Å². The lowest BCUT2D eigenvalue weighted by Crippen LogP contribution is -2.52.